The summed E-state index contributed by atoms with van der Waals surface area (Å²) in [5.41, 5.74) is 0.172. The van der Waals surface area contributed by atoms with Gasteiger partial charge in [0.2, 0.25) is 0 Å². The van der Waals surface area contributed by atoms with Crippen molar-refractivity contribution in [2.75, 3.05) is 18.4 Å². The molecule has 0 amide bonds. The van der Waals surface area contributed by atoms with Crippen LogP contribution in [0.15, 0.2) is 53.1 Å². The van der Waals surface area contributed by atoms with E-state index in [0.717, 1.165) is 11.6 Å². The number of aromatic nitrogens is 2. The number of anilines is 1. The Morgan fingerprint density at radius 1 is 1.07 bits per heavy atom. The highest BCUT2D eigenvalue weighted by Crippen LogP contribution is 2.36. The SMILES string of the molecule is Fc1ccc(CN2CCC(Nc3nnc(-c4ccco4)cc3C(F)(F)F)CC2)cc1. The van der Waals surface area contributed by atoms with Crippen molar-refractivity contribution in [3.63, 3.8) is 0 Å². The van der Waals surface area contributed by atoms with E-state index in [9.17, 15) is 17.6 Å². The quantitative estimate of drug-likeness (QED) is 0.591. The lowest BCUT2D eigenvalue weighted by Crippen LogP contribution is -2.39. The van der Waals surface area contributed by atoms with Gasteiger partial charge < -0.3 is 9.73 Å². The van der Waals surface area contributed by atoms with E-state index in [1.54, 1.807) is 18.2 Å². The molecule has 0 aliphatic carbocycles. The van der Waals surface area contributed by atoms with Crippen LogP contribution in [-0.4, -0.2) is 34.2 Å². The molecule has 4 rings (SSSR count). The molecule has 0 atom stereocenters. The van der Waals surface area contributed by atoms with E-state index in [1.807, 2.05) is 0 Å². The van der Waals surface area contributed by atoms with Gasteiger partial charge in [-0.15, -0.1) is 10.2 Å². The van der Waals surface area contributed by atoms with Crippen LogP contribution in [-0.2, 0) is 12.7 Å². The Hall–Kier alpha value is -2.94. The maximum atomic E-state index is 13.6. The number of benzene rings is 1. The van der Waals surface area contributed by atoms with Crippen LogP contribution in [0.3, 0.4) is 0 Å². The van der Waals surface area contributed by atoms with Crippen LogP contribution in [0.2, 0.25) is 0 Å². The average molecular weight is 420 g/mol. The first-order valence-electron chi connectivity index (χ1n) is 9.60. The molecule has 5 nitrogen and oxygen atoms in total. The molecule has 3 aromatic rings. The molecule has 0 unspecified atom stereocenters. The van der Waals surface area contributed by atoms with Crippen molar-refractivity contribution in [3.8, 4) is 11.5 Å². The van der Waals surface area contributed by atoms with Gasteiger partial charge in [0.1, 0.15) is 17.1 Å². The fraction of sp³-hybridized carbons (Fsp3) is 0.333. The van der Waals surface area contributed by atoms with Crippen molar-refractivity contribution in [3.05, 3.63) is 65.7 Å². The lowest BCUT2D eigenvalue weighted by Gasteiger charge is -2.33. The minimum absolute atomic E-state index is 0.0343. The molecule has 1 aromatic carbocycles. The van der Waals surface area contributed by atoms with Crippen molar-refractivity contribution < 1.29 is 22.0 Å². The van der Waals surface area contributed by atoms with Crippen LogP contribution in [0.5, 0.6) is 0 Å². The van der Waals surface area contributed by atoms with Gasteiger partial charge in [-0.1, -0.05) is 12.1 Å². The fourth-order valence-electron chi connectivity index (χ4n) is 3.54. The molecule has 0 spiro atoms. The van der Waals surface area contributed by atoms with Crippen molar-refractivity contribution in [1.29, 1.82) is 0 Å². The number of likely N-dealkylation sites (tertiary alicyclic amines) is 1. The number of alkyl halides is 3. The number of furan rings is 1. The highest BCUT2D eigenvalue weighted by molar-refractivity contribution is 5.57. The first-order chi connectivity index (χ1) is 14.4. The fourth-order valence-corrected chi connectivity index (χ4v) is 3.54. The van der Waals surface area contributed by atoms with Gasteiger partial charge in [0.15, 0.2) is 11.6 Å². The van der Waals surface area contributed by atoms with Crippen LogP contribution in [0, 0.1) is 5.82 Å². The highest BCUT2D eigenvalue weighted by Gasteiger charge is 2.36. The maximum absolute atomic E-state index is 13.6. The normalized spacial score (nSPS) is 16.0. The summed E-state index contributed by atoms with van der Waals surface area (Å²) in [6, 6.07) is 10.3. The first-order valence-corrected chi connectivity index (χ1v) is 9.60. The molecule has 0 saturated carbocycles. The second kappa shape index (κ2) is 8.43. The Kier molecular flexibility index (Phi) is 5.72. The average Bonchev–Trinajstić information content (AvgIpc) is 3.25. The first kappa shape index (κ1) is 20.3. The molecule has 1 aliphatic heterocycles. The number of rotatable bonds is 5. The van der Waals surface area contributed by atoms with Gasteiger partial charge in [0.05, 0.1) is 6.26 Å². The third-order valence-electron chi connectivity index (χ3n) is 5.12. The van der Waals surface area contributed by atoms with E-state index < -0.39 is 11.7 Å². The summed E-state index contributed by atoms with van der Waals surface area (Å²) >= 11 is 0. The minimum atomic E-state index is -4.57. The third kappa shape index (κ3) is 4.79. The van der Waals surface area contributed by atoms with E-state index in [-0.39, 0.29) is 29.1 Å². The van der Waals surface area contributed by atoms with Gasteiger partial charge in [-0.2, -0.15) is 13.2 Å². The zero-order chi connectivity index (χ0) is 21.1. The molecule has 3 heterocycles. The van der Waals surface area contributed by atoms with Crippen molar-refractivity contribution >= 4 is 5.82 Å². The number of hydrogen-bond acceptors (Lipinski definition) is 5. The largest absolute Gasteiger partial charge is 0.463 e. The molecule has 0 radical (unpaired) electrons. The third-order valence-corrected chi connectivity index (χ3v) is 5.12. The number of hydrogen-bond donors (Lipinski definition) is 1. The molecule has 30 heavy (non-hydrogen) atoms. The second-order valence-electron chi connectivity index (χ2n) is 7.29. The zero-order valence-electron chi connectivity index (χ0n) is 16.0. The molecule has 1 fully saturated rings. The van der Waals surface area contributed by atoms with Crippen molar-refractivity contribution in [1.82, 2.24) is 15.1 Å². The lowest BCUT2D eigenvalue weighted by atomic mass is 10.0. The molecule has 1 saturated heterocycles. The molecule has 0 bridgehead atoms. The van der Waals surface area contributed by atoms with Gasteiger partial charge >= 0.3 is 6.18 Å². The predicted octanol–water partition coefficient (Wildman–Crippen LogP) is 4.97. The standard InChI is InChI=1S/C21H20F4N4O/c22-15-5-3-14(4-6-15)13-29-9-7-16(8-10-29)26-20-17(21(23,24)25)12-18(27-28-20)19-2-1-11-30-19/h1-6,11-12,16H,7-10,13H2,(H,26,28). The van der Waals surface area contributed by atoms with Gasteiger partial charge in [0.25, 0.3) is 0 Å². The molecule has 1 N–H and O–H groups in total. The summed E-state index contributed by atoms with van der Waals surface area (Å²) < 4.78 is 58.9. The minimum Gasteiger partial charge on any atom is -0.463 e. The van der Waals surface area contributed by atoms with Gasteiger partial charge in [-0.25, -0.2) is 4.39 Å². The monoisotopic (exact) mass is 420 g/mol. The van der Waals surface area contributed by atoms with Gasteiger partial charge in [-0.3, -0.25) is 4.90 Å². The Morgan fingerprint density at radius 2 is 1.80 bits per heavy atom. The Labute approximate surface area is 170 Å². The summed E-state index contributed by atoms with van der Waals surface area (Å²) in [5.74, 6) is -0.315. The molecule has 1 aliphatic rings. The van der Waals surface area contributed by atoms with E-state index in [4.69, 9.17) is 4.42 Å². The molecule has 158 valence electrons. The summed E-state index contributed by atoms with van der Waals surface area (Å²) in [5, 5.41) is 10.6. The number of halogens is 4. The Bertz CT molecular complexity index is 966. The van der Waals surface area contributed by atoms with E-state index in [1.165, 1.54) is 24.5 Å². The van der Waals surface area contributed by atoms with Crippen molar-refractivity contribution in [2.24, 2.45) is 0 Å². The van der Waals surface area contributed by atoms with E-state index in [2.05, 4.69) is 20.4 Å². The zero-order valence-corrected chi connectivity index (χ0v) is 16.0. The van der Waals surface area contributed by atoms with Crippen LogP contribution in [0.4, 0.5) is 23.4 Å². The van der Waals surface area contributed by atoms with Crippen LogP contribution >= 0.6 is 0 Å². The summed E-state index contributed by atoms with van der Waals surface area (Å²) in [7, 11) is 0. The van der Waals surface area contributed by atoms with E-state index in [0.29, 0.717) is 32.5 Å². The summed E-state index contributed by atoms with van der Waals surface area (Å²) in [6.45, 7) is 2.11. The Morgan fingerprint density at radius 3 is 2.43 bits per heavy atom. The van der Waals surface area contributed by atoms with Crippen LogP contribution < -0.4 is 5.32 Å². The van der Waals surface area contributed by atoms with E-state index >= 15 is 0 Å². The smallest absolute Gasteiger partial charge is 0.420 e. The van der Waals surface area contributed by atoms with Gasteiger partial charge in [0, 0.05) is 25.7 Å². The molecular weight excluding hydrogens is 400 g/mol. The molecular formula is C21H20F4N4O. The highest BCUT2D eigenvalue weighted by atomic mass is 19.4. The number of nitrogens with one attached hydrogen (secondary N) is 1. The predicted molar refractivity (Wildman–Crippen MR) is 103 cm³/mol. The summed E-state index contributed by atoms with van der Waals surface area (Å²) in [6.07, 6.45) is -1.86. The van der Waals surface area contributed by atoms with Gasteiger partial charge in [-0.05, 0) is 48.7 Å². The maximum Gasteiger partial charge on any atom is 0.420 e. The number of nitrogens with zero attached hydrogens (tertiary/aromatic N) is 3. The molecule has 9 heteroatoms. The van der Waals surface area contributed by atoms with Crippen LogP contribution in [0.25, 0.3) is 11.5 Å². The molecule has 2 aromatic heterocycles. The lowest BCUT2D eigenvalue weighted by molar-refractivity contribution is -0.137. The van der Waals surface area contributed by atoms with Crippen LogP contribution in [0.1, 0.15) is 24.0 Å². The number of piperidine rings is 1. The second-order valence-corrected chi connectivity index (χ2v) is 7.29. The Balaban J connectivity index is 1.41. The topological polar surface area (TPSA) is 54.2 Å². The summed E-state index contributed by atoms with van der Waals surface area (Å²) in [4.78, 5) is 2.20. The van der Waals surface area contributed by atoms with Crippen molar-refractivity contribution in [2.45, 2.75) is 31.6 Å².